The van der Waals surface area contributed by atoms with Crippen molar-refractivity contribution < 1.29 is 24.1 Å². The lowest BCUT2D eigenvalue weighted by atomic mass is 10.0. The largest absolute Gasteiger partial charge is 0.493 e. The summed E-state index contributed by atoms with van der Waals surface area (Å²) in [6.07, 6.45) is 2.04. The van der Waals surface area contributed by atoms with Crippen LogP contribution in [0.2, 0.25) is 0 Å². The smallest absolute Gasteiger partial charge is 0.223 e. The van der Waals surface area contributed by atoms with Gasteiger partial charge >= 0.3 is 0 Å². The molecule has 1 fully saturated rings. The Balaban J connectivity index is 1.94. The Kier molecular flexibility index (Phi) is 7.05. The van der Waals surface area contributed by atoms with Crippen molar-refractivity contribution in [1.29, 1.82) is 0 Å². The van der Waals surface area contributed by atoms with Crippen molar-refractivity contribution in [3.05, 3.63) is 18.2 Å². The van der Waals surface area contributed by atoms with Gasteiger partial charge in [0.25, 0.3) is 0 Å². The fourth-order valence-corrected chi connectivity index (χ4v) is 3.06. The average molecular weight is 355 g/mol. The SMILES string of the molecule is COc1ccc(O[C@@H]2CCN(C(=O)CCSC)C[C@H]2O)cc1OC. The van der Waals surface area contributed by atoms with Crippen molar-refractivity contribution in [2.75, 3.05) is 39.3 Å². The summed E-state index contributed by atoms with van der Waals surface area (Å²) in [6, 6.07) is 5.28. The van der Waals surface area contributed by atoms with Crippen molar-refractivity contribution in [2.24, 2.45) is 0 Å². The molecule has 2 atom stereocenters. The van der Waals surface area contributed by atoms with E-state index in [4.69, 9.17) is 14.2 Å². The fourth-order valence-electron chi connectivity index (χ4n) is 2.69. The number of benzene rings is 1. The summed E-state index contributed by atoms with van der Waals surface area (Å²) in [4.78, 5) is 13.8. The number of piperidine rings is 1. The molecule has 1 amide bonds. The van der Waals surface area contributed by atoms with Crippen LogP contribution in [0.4, 0.5) is 0 Å². The van der Waals surface area contributed by atoms with Crippen LogP contribution in [-0.2, 0) is 4.79 Å². The highest BCUT2D eigenvalue weighted by Crippen LogP contribution is 2.32. The summed E-state index contributed by atoms with van der Waals surface area (Å²) in [7, 11) is 3.14. The van der Waals surface area contributed by atoms with Gasteiger partial charge < -0.3 is 24.2 Å². The quantitative estimate of drug-likeness (QED) is 0.804. The van der Waals surface area contributed by atoms with Crippen molar-refractivity contribution in [3.63, 3.8) is 0 Å². The summed E-state index contributed by atoms with van der Waals surface area (Å²) in [5.41, 5.74) is 0. The van der Waals surface area contributed by atoms with Gasteiger partial charge in [-0.3, -0.25) is 4.79 Å². The molecular formula is C17H25NO5S. The maximum atomic E-state index is 12.1. The molecule has 1 saturated heterocycles. The molecule has 1 N–H and O–H groups in total. The molecule has 134 valence electrons. The first-order valence-corrected chi connectivity index (χ1v) is 9.32. The van der Waals surface area contributed by atoms with Crippen LogP contribution in [-0.4, -0.2) is 67.4 Å². The second-order valence-electron chi connectivity index (χ2n) is 5.61. The number of aliphatic hydroxyl groups is 1. The number of rotatable bonds is 7. The van der Waals surface area contributed by atoms with E-state index < -0.39 is 6.10 Å². The number of nitrogens with zero attached hydrogens (tertiary/aromatic N) is 1. The Morgan fingerprint density at radius 2 is 2.08 bits per heavy atom. The van der Waals surface area contributed by atoms with Crippen LogP contribution in [0.1, 0.15) is 12.8 Å². The number of carbonyl (C=O) groups excluding carboxylic acids is 1. The van der Waals surface area contributed by atoms with E-state index in [1.807, 2.05) is 6.26 Å². The number of β-amino-alcohol motifs (C(OH)–C–C–N with tert-alkyl or cyclic N) is 1. The number of aliphatic hydroxyl groups excluding tert-OH is 1. The monoisotopic (exact) mass is 355 g/mol. The molecule has 1 aromatic rings. The number of methoxy groups -OCH3 is 2. The highest BCUT2D eigenvalue weighted by atomic mass is 32.2. The van der Waals surface area contributed by atoms with Gasteiger partial charge in [0.2, 0.25) is 5.91 Å². The second kappa shape index (κ2) is 9.03. The zero-order valence-electron chi connectivity index (χ0n) is 14.4. The average Bonchev–Trinajstić information content (AvgIpc) is 2.61. The van der Waals surface area contributed by atoms with Crippen LogP contribution < -0.4 is 14.2 Å². The summed E-state index contributed by atoms with van der Waals surface area (Å²) in [5, 5.41) is 10.3. The molecule has 24 heavy (non-hydrogen) atoms. The van der Waals surface area contributed by atoms with E-state index >= 15 is 0 Å². The molecule has 2 rings (SSSR count). The van der Waals surface area contributed by atoms with Gasteiger partial charge in [0.1, 0.15) is 18.0 Å². The van der Waals surface area contributed by atoms with Crippen molar-refractivity contribution in [3.8, 4) is 17.2 Å². The Labute approximate surface area is 147 Å². The van der Waals surface area contributed by atoms with E-state index in [2.05, 4.69) is 0 Å². The molecule has 0 unspecified atom stereocenters. The van der Waals surface area contributed by atoms with Gasteiger partial charge in [-0.1, -0.05) is 0 Å². The lowest BCUT2D eigenvalue weighted by Crippen LogP contribution is -2.51. The summed E-state index contributed by atoms with van der Waals surface area (Å²) in [5.74, 6) is 2.71. The molecule has 0 aromatic heterocycles. The fraction of sp³-hybridized carbons (Fsp3) is 0.588. The van der Waals surface area contributed by atoms with Crippen LogP contribution in [0, 0.1) is 0 Å². The molecule has 0 spiro atoms. The zero-order chi connectivity index (χ0) is 17.5. The maximum absolute atomic E-state index is 12.1. The highest BCUT2D eigenvalue weighted by molar-refractivity contribution is 7.98. The topological polar surface area (TPSA) is 68.2 Å². The molecule has 1 aliphatic rings. The molecule has 6 nitrogen and oxygen atoms in total. The first-order chi connectivity index (χ1) is 11.6. The van der Waals surface area contributed by atoms with Gasteiger partial charge in [0.05, 0.1) is 20.8 Å². The molecule has 0 bridgehead atoms. The van der Waals surface area contributed by atoms with Gasteiger partial charge in [0.15, 0.2) is 11.5 Å². The number of amides is 1. The Hall–Kier alpha value is -1.60. The minimum atomic E-state index is -0.704. The van der Waals surface area contributed by atoms with E-state index in [0.717, 1.165) is 5.75 Å². The number of hydrogen-bond donors (Lipinski definition) is 1. The van der Waals surface area contributed by atoms with Crippen LogP contribution in [0.5, 0.6) is 17.2 Å². The van der Waals surface area contributed by atoms with Crippen molar-refractivity contribution in [1.82, 2.24) is 4.90 Å². The minimum absolute atomic E-state index is 0.0907. The Bertz CT molecular complexity index is 554. The number of hydrogen-bond acceptors (Lipinski definition) is 6. The molecule has 0 saturated carbocycles. The van der Waals surface area contributed by atoms with Gasteiger partial charge in [-0.15, -0.1) is 0 Å². The van der Waals surface area contributed by atoms with Crippen LogP contribution in [0.25, 0.3) is 0 Å². The van der Waals surface area contributed by atoms with E-state index in [-0.39, 0.29) is 12.0 Å². The molecule has 1 heterocycles. The number of likely N-dealkylation sites (tertiary alicyclic amines) is 1. The minimum Gasteiger partial charge on any atom is -0.493 e. The second-order valence-corrected chi connectivity index (χ2v) is 6.60. The van der Waals surface area contributed by atoms with Crippen molar-refractivity contribution >= 4 is 17.7 Å². The Morgan fingerprint density at radius 3 is 2.71 bits per heavy atom. The summed E-state index contributed by atoms with van der Waals surface area (Å²) in [6.45, 7) is 0.910. The lowest BCUT2D eigenvalue weighted by molar-refractivity contribution is -0.136. The number of ether oxygens (including phenoxy) is 3. The summed E-state index contributed by atoms with van der Waals surface area (Å²) < 4.78 is 16.3. The van der Waals surface area contributed by atoms with Crippen molar-refractivity contribution in [2.45, 2.75) is 25.0 Å². The van der Waals surface area contributed by atoms with Crippen LogP contribution in [0.3, 0.4) is 0 Å². The predicted octanol–water partition coefficient (Wildman–Crippen LogP) is 1.80. The molecule has 0 aliphatic carbocycles. The molecular weight excluding hydrogens is 330 g/mol. The number of carbonyl (C=O) groups is 1. The van der Waals surface area contributed by atoms with E-state index in [9.17, 15) is 9.90 Å². The third-order valence-electron chi connectivity index (χ3n) is 4.04. The predicted molar refractivity (Wildman–Crippen MR) is 94.2 cm³/mol. The molecule has 1 aromatic carbocycles. The van der Waals surface area contributed by atoms with Crippen LogP contribution >= 0.6 is 11.8 Å². The Morgan fingerprint density at radius 1 is 1.33 bits per heavy atom. The van der Waals surface area contributed by atoms with Crippen LogP contribution in [0.15, 0.2) is 18.2 Å². The first kappa shape index (κ1) is 18.7. The van der Waals surface area contributed by atoms with E-state index in [1.54, 1.807) is 49.1 Å². The van der Waals surface area contributed by atoms with E-state index in [0.29, 0.717) is 43.2 Å². The summed E-state index contributed by atoms with van der Waals surface area (Å²) >= 11 is 1.65. The number of thioether (sulfide) groups is 1. The molecule has 0 radical (unpaired) electrons. The van der Waals surface area contributed by atoms with Gasteiger partial charge in [-0.05, 0) is 18.4 Å². The van der Waals surface area contributed by atoms with E-state index in [1.165, 1.54) is 0 Å². The zero-order valence-corrected chi connectivity index (χ0v) is 15.2. The van der Waals surface area contributed by atoms with Gasteiger partial charge in [0, 0.05) is 31.2 Å². The first-order valence-electron chi connectivity index (χ1n) is 7.92. The molecule has 7 heteroatoms. The highest BCUT2D eigenvalue weighted by Gasteiger charge is 2.31. The molecule has 1 aliphatic heterocycles. The van der Waals surface area contributed by atoms with Gasteiger partial charge in [-0.25, -0.2) is 0 Å². The standard InChI is InChI=1S/C17H25NO5S/c1-21-15-5-4-12(10-16(15)22-2)23-14-6-8-18(11-13(14)19)17(20)7-9-24-3/h4-5,10,13-14,19H,6-9,11H2,1-3H3/t13-,14-/m1/s1. The van der Waals surface area contributed by atoms with Gasteiger partial charge in [-0.2, -0.15) is 11.8 Å². The third kappa shape index (κ3) is 4.70. The maximum Gasteiger partial charge on any atom is 0.223 e. The lowest BCUT2D eigenvalue weighted by Gasteiger charge is -2.36. The normalized spacial score (nSPS) is 20.6. The third-order valence-corrected chi connectivity index (χ3v) is 4.65.